The van der Waals surface area contributed by atoms with Gasteiger partial charge in [0.2, 0.25) is 6.79 Å². The fourth-order valence-electron chi connectivity index (χ4n) is 1.75. The summed E-state index contributed by atoms with van der Waals surface area (Å²) in [6.45, 7) is -0.0411. The first-order valence-electron chi connectivity index (χ1n) is 5.70. The van der Waals surface area contributed by atoms with Crippen LogP contribution < -0.4 is 14.2 Å². The molecule has 1 aromatic carbocycles. The van der Waals surface area contributed by atoms with Crippen molar-refractivity contribution in [3.8, 4) is 11.5 Å². The summed E-state index contributed by atoms with van der Waals surface area (Å²) in [6, 6.07) is 7.87. The lowest BCUT2D eigenvalue weighted by atomic mass is 10.3. The average molecular weight is 313 g/mol. The summed E-state index contributed by atoms with van der Waals surface area (Å²) in [7, 11) is -3.66. The van der Waals surface area contributed by atoms with Crippen molar-refractivity contribution in [2.45, 2.75) is 10.8 Å². The molecular formula is C12H11NO5S2. The van der Waals surface area contributed by atoms with Crippen LogP contribution in [0.15, 0.2) is 34.5 Å². The fourth-order valence-corrected chi connectivity index (χ4v) is 4.02. The van der Waals surface area contributed by atoms with Gasteiger partial charge in [-0.05, 0) is 24.3 Å². The van der Waals surface area contributed by atoms with E-state index >= 15 is 0 Å². The monoisotopic (exact) mass is 313 g/mol. The molecule has 0 saturated carbocycles. The number of thiophene rings is 1. The minimum atomic E-state index is -3.66. The summed E-state index contributed by atoms with van der Waals surface area (Å²) >= 11 is 1.03. The van der Waals surface area contributed by atoms with Crippen LogP contribution in [0, 0.1) is 0 Å². The molecule has 0 unspecified atom stereocenters. The van der Waals surface area contributed by atoms with Gasteiger partial charge in [0.25, 0.3) is 10.0 Å². The Hall–Kier alpha value is -1.77. The van der Waals surface area contributed by atoms with Crippen molar-refractivity contribution in [3.05, 3.63) is 35.2 Å². The quantitative estimate of drug-likeness (QED) is 0.898. The van der Waals surface area contributed by atoms with Gasteiger partial charge in [-0.25, -0.2) is 8.42 Å². The molecule has 0 atom stereocenters. The van der Waals surface area contributed by atoms with E-state index in [1.54, 1.807) is 24.3 Å². The molecule has 0 aliphatic carbocycles. The highest BCUT2D eigenvalue weighted by Gasteiger charge is 2.19. The lowest BCUT2D eigenvalue weighted by molar-refractivity contribution is 0.174. The molecule has 3 rings (SSSR count). The number of rotatable bonds is 4. The summed E-state index contributed by atoms with van der Waals surface area (Å²) in [4.78, 5) is 0.594. The van der Waals surface area contributed by atoms with Crippen molar-refractivity contribution in [1.29, 1.82) is 0 Å². The normalized spacial score (nSPS) is 13.4. The molecule has 0 amide bonds. The van der Waals surface area contributed by atoms with Gasteiger partial charge >= 0.3 is 0 Å². The lowest BCUT2D eigenvalue weighted by Gasteiger charge is -2.06. The zero-order valence-electron chi connectivity index (χ0n) is 10.2. The largest absolute Gasteiger partial charge is 0.454 e. The molecule has 0 spiro atoms. The Labute approximate surface area is 119 Å². The smallest absolute Gasteiger partial charge is 0.271 e. The summed E-state index contributed by atoms with van der Waals surface area (Å²) in [5, 5.41) is 8.98. The number of hydrogen-bond acceptors (Lipinski definition) is 6. The number of aliphatic hydroxyl groups is 1. The Balaban J connectivity index is 1.86. The Morgan fingerprint density at radius 3 is 2.75 bits per heavy atom. The molecule has 0 saturated heterocycles. The van der Waals surface area contributed by atoms with E-state index in [0.29, 0.717) is 22.1 Å². The van der Waals surface area contributed by atoms with Crippen LogP contribution in [-0.4, -0.2) is 20.3 Å². The third kappa shape index (κ3) is 2.45. The van der Waals surface area contributed by atoms with E-state index < -0.39 is 10.0 Å². The van der Waals surface area contributed by atoms with Gasteiger partial charge in [0, 0.05) is 10.9 Å². The van der Waals surface area contributed by atoms with E-state index in [2.05, 4.69) is 4.72 Å². The van der Waals surface area contributed by atoms with Gasteiger partial charge in [0.15, 0.2) is 11.5 Å². The molecule has 2 aromatic rings. The number of aliphatic hydroxyl groups excluding tert-OH is 1. The maximum atomic E-state index is 12.2. The third-order valence-corrected chi connectivity index (χ3v) is 5.63. The lowest BCUT2D eigenvalue weighted by Crippen LogP contribution is -2.11. The third-order valence-electron chi connectivity index (χ3n) is 2.68. The van der Waals surface area contributed by atoms with Gasteiger partial charge in [0.1, 0.15) is 4.21 Å². The van der Waals surface area contributed by atoms with E-state index in [0.717, 1.165) is 11.3 Å². The van der Waals surface area contributed by atoms with Crippen molar-refractivity contribution in [3.63, 3.8) is 0 Å². The number of sulfonamides is 1. The predicted molar refractivity (Wildman–Crippen MR) is 73.6 cm³/mol. The number of nitrogens with one attached hydrogen (secondary N) is 1. The van der Waals surface area contributed by atoms with E-state index in [4.69, 9.17) is 14.6 Å². The summed E-state index contributed by atoms with van der Waals surface area (Å²) in [5.74, 6) is 1.10. The number of ether oxygens (including phenoxy) is 2. The Kier molecular flexibility index (Phi) is 3.28. The van der Waals surface area contributed by atoms with Crippen LogP contribution >= 0.6 is 11.3 Å². The maximum absolute atomic E-state index is 12.2. The van der Waals surface area contributed by atoms with Crippen LogP contribution in [0.1, 0.15) is 4.88 Å². The van der Waals surface area contributed by atoms with E-state index in [1.807, 2.05) is 0 Å². The summed E-state index contributed by atoms with van der Waals surface area (Å²) in [6.07, 6.45) is 0. The van der Waals surface area contributed by atoms with Gasteiger partial charge in [-0.15, -0.1) is 11.3 Å². The van der Waals surface area contributed by atoms with Crippen LogP contribution in [0.2, 0.25) is 0 Å². The average Bonchev–Trinajstić information content (AvgIpc) is 3.06. The molecule has 20 heavy (non-hydrogen) atoms. The Morgan fingerprint density at radius 2 is 2.00 bits per heavy atom. The van der Waals surface area contributed by atoms with Crippen LogP contribution in [0.4, 0.5) is 5.69 Å². The molecule has 8 heteroatoms. The van der Waals surface area contributed by atoms with Crippen molar-refractivity contribution < 1.29 is 23.0 Å². The number of benzene rings is 1. The minimum absolute atomic E-state index is 0.135. The van der Waals surface area contributed by atoms with Crippen molar-refractivity contribution >= 4 is 27.0 Å². The molecule has 2 N–H and O–H groups in total. The molecule has 0 fully saturated rings. The van der Waals surface area contributed by atoms with E-state index in [9.17, 15) is 8.42 Å². The zero-order chi connectivity index (χ0) is 14.2. The first-order valence-corrected chi connectivity index (χ1v) is 8.00. The summed E-state index contributed by atoms with van der Waals surface area (Å²) in [5.41, 5.74) is 0.396. The molecule has 1 aliphatic heterocycles. The van der Waals surface area contributed by atoms with Crippen LogP contribution in [0.3, 0.4) is 0 Å². The molecule has 0 bridgehead atoms. The van der Waals surface area contributed by atoms with Gasteiger partial charge in [-0.1, -0.05) is 0 Å². The number of fused-ring (bicyclic) bond motifs is 1. The highest BCUT2D eigenvalue weighted by molar-refractivity contribution is 7.94. The SMILES string of the molecule is O=S(=O)(Nc1ccc2c(c1)OCO2)c1ccc(CO)s1. The topological polar surface area (TPSA) is 84.9 Å². The molecule has 2 heterocycles. The zero-order valence-corrected chi connectivity index (χ0v) is 11.8. The second-order valence-electron chi connectivity index (χ2n) is 4.05. The Morgan fingerprint density at radius 1 is 1.20 bits per heavy atom. The molecule has 0 radical (unpaired) electrons. The first kappa shape index (κ1) is 13.2. The van der Waals surface area contributed by atoms with Crippen molar-refractivity contribution in [2.24, 2.45) is 0 Å². The van der Waals surface area contributed by atoms with Crippen LogP contribution in [-0.2, 0) is 16.6 Å². The van der Waals surface area contributed by atoms with Crippen LogP contribution in [0.5, 0.6) is 11.5 Å². The molecule has 106 valence electrons. The van der Waals surface area contributed by atoms with Crippen molar-refractivity contribution in [2.75, 3.05) is 11.5 Å². The molecule has 6 nitrogen and oxygen atoms in total. The van der Waals surface area contributed by atoms with Gasteiger partial charge in [0.05, 0.1) is 12.3 Å². The fraction of sp³-hybridized carbons (Fsp3) is 0.167. The predicted octanol–water partition coefficient (Wildman–Crippen LogP) is 1.77. The highest BCUT2D eigenvalue weighted by atomic mass is 32.2. The van der Waals surface area contributed by atoms with Gasteiger partial charge in [-0.3, -0.25) is 4.72 Å². The highest BCUT2D eigenvalue weighted by Crippen LogP contribution is 2.35. The molecule has 1 aromatic heterocycles. The van der Waals surface area contributed by atoms with Crippen LogP contribution in [0.25, 0.3) is 0 Å². The minimum Gasteiger partial charge on any atom is -0.454 e. The van der Waals surface area contributed by atoms with Gasteiger partial charge in [-0.2, -0.15) is 0 Å². The van der Waals surface area contributed by atoms with Gasteiger partial charge < -0.3 is 14.6 Å². The first-order chi connectivity index (χ1) is 9.58. The second-order valence-corrected chi connectivity index (χ2v) is 7.13. The molecular weight excluding hydrogens is 302 g/mol. The number of anilines is 1. The molecule has 1 aliphatic rings. The standard InChI is InChI=1S/C12H11NO5S2/c14-6-9-2-4-12(19-9)20(15,16)13-8-1-3-10-11(5-8)18-7-17-10/h1-5,13-14H,6-7H2. The Bertz CT molecular complexity index is 738. The van der Waals surface area contributed by atoms with E-state index in [-0.39, 0.29) is 17.6 Å². The van der Waals surface area contributed by atoms with E-state index in [1.165, 1.54) is 6.07 Å². The summed E-state index contributed by atoms with van der Waals surface area (Å²) < 4.78 is 37.3. The number of hydrogen-bond donors (Lipinski definition) is 2. The van der Waals surface area contributed by atoms with Crippen molar-refractivity contribution in [1.82, 2.24) is 0 Å². The maximum Gasteiger partial charge on any atom is 0.271 e. The second kappa shape index (κ2) is 4.97.